The van der Waals surface area contributed by atoms with Crippen molar-refractivity contribution in [2.45, 2.75) is 11.4 Å². The second-order valence-electron chi connectivity index (χ2n) is 4.38. The van der Waals surface area contributed by atoms with Gasteiger partial charge in [-0.05, 0) is 23.8 Å². The van der Waals surface area contributed by atoms with Crippen LogP contribution in [0.25, 0.3) is 0 Å². The van der Waals surface area contributed by atoms with Crippen molar-refractivity contribution in [1.82, 2.24) is 0 Å². The molecule has 0 spiro atoms. The molecule has 3 rings (SSSR count). The van der Waals surface area contributed by atoms with Crippen LogP contribution in [0, 0.1) is 0 Å². The van der Waals surface area contributed by atoms with Crippen LogP contribution in [0.5, 0.6) is 0 Å². The Labute approximate surface area is 122 Å². The minimum atomic E-state index is -3.58. The van der Waals surface area contributed by atoms with Gasteiger partial charge in [0.1, 0.15) is 11.2 Å². The highest BCUT2D eigenvalue weighted by Gasteiger charge is 2.24. The lowest BCUT2D eigenvalue weighted by Gasteiger charge is -2.25. The molecule has 0 radical (unpaired) electrons. The van der Waals surface area contributed by atoms with Crippen LogP contribution in [-0.4, -0.2) is 14.8 Å². The molecule has 0 atom stereocenters. The zero-order valence-electron chi connectivity index (χ0n) is 10.4. The van der Waals surface area contributed by atoms with Crippen molar-refractivity contribution in [1.29, 1.82) is 0 Å². The average Bonchev–Trinajstić information content (AvgIpc) is 2.44. The molecule has 2 aromatic rings. The van der Waals surface area contributed by atoms with Crippen LogP contribution >= 0.6 is 11.6 Å². The van der Waals surface area contributed by atoms with Gasteiger partial charge in [-0.3, -0.25) is 0 Å². The van der Waals surface area contributed by atoms with Crippen molar-refractivity contribution in [3.63, 3.8) is 0 Å². The van der Waals surface area contributed by atoms with Crippen molar-refractivity contribution in [3.8, 4) is 0 Å². The number of hydrogen-bond acceptors (Lipinski definition) is 3. The Kier molecular flexibility index (Phi) is 3.23. The van der Waals surface area contributed by atoms with E-state index in [1.807, 2.05) is 18.2 Å². The summed E-state index contributed by atoms with van der Waals surface area (Å²) in [7, 11) is -3.58. The van der Waals surface area contributed by atoms with E-state index < -0.39 is 10.0 Å². The van der Waals surface area contributed by atoms with E-state index >= 15 is 0 Å². The Balaban J connectivity index is 2.03. The van der Waals surface area contributed by atoms with Gasteiger partial charge in [-0.25, -0.2) is 0 Å². The quantitative estimate of drug-likeness (QED) is 0.856. The number of nitrogens with zero attached hydrogens (tertiary/aromatic N) is 2. The normalized spacial score (nSPS) is 15.9. The third-order valence-electron chi connectivity index (χ3n) is 3.08. The summed E-state index contributed by atoms with van der Waals surface area (Å²) in [4.78, 5) is 1.99. The molecular formula is C14H11ClN2O2S. The van der Waals surface area contributed by atoms with Crippen molar-refractivity contribution < 1.29 is 8.42 Å². The van der Waals surface area contributed by atoms with Crippen LogP contribution in [0.15, 0.2) is 57.8 Å². The number of rotatable bonds is 2. The molecule has 2 aromatic carbocycles. The van der Waals surface area contributed by atoms with Crippen molar-refractivity contribution in [2.75, 3.05) is 4.90 Å². The molecule has 20 heavy (non-hydrogen) atoms. The van der Waals surface area contributed by atoms with Gasteiger partial charge in [-0.2, -0.15) is 8.42 Å². The minimum absolute atomic E-state index is 0.217. The molecule has 1 aliphatic heterocycles. The maximum Gasteiger partial charge on any atom is 0.285 e. The lowest BCUT2D eigenvalue weighted by molar-refractivity contribution is 0.597. The lowest BCUT2D eigenvalue weighted by Crippen LogP contribution is -2.26. The molecule has 0 aromatic heterocycles. The van der Waals surface area contributed by atoms with E-state index in [0.717, 1.165) is 5.56 Å². The summed E-state index contributed by atoms with van der Waals surface area (Å²) in [5, 5.41) is 0.645. The molecule has 1 aliphatic rings. The number of hydrogen-bond donors (Lipinski definition) is 0. The summed E-state index contributed by atoms with van der Waals surface area (Å²) in [6, 6.07) is 14.3. The summed E-state index contributed by atoms with van der Waals surface area (Å²) in [5.41, 5.74) is 1.53. The molecule has 0 amide bonds. The molecule has 1 heterocycles. The predicted molar refractivity (Wildman–Crippen MR) is 79.8 cm³/mol. The van der Waals surface area contributed by atoms with Crippen molar-refractivity contribution in [3.05, 3.63) is 59.1 Å². The molecular weight excluding hydrogens is 296 g/mol. The van der Waals surface area contributed by atoms with Crippen LogP contribution in [-0.2, 0) is 16.6 Å². The summed E-state index contributed by atoms with van der Waals surface area (Å²) >= 11 is 6.14. The fourth-order valence-corrected chi connectivity index (χ4v) is 3.33. The lowest BCUT2D eigenvalue weighted by atomic mass is 10.2. The summed E-state index contributed by atoms with van der Waals surface area (Å²) in [5.74, 6) is 0. The van der Waals surface area contributed by atoms with Gasteiger partial charge in [0.05, 0.1) is 12.2 Å². The third kappa shape index (κ3) is 2.30. The summed E-state index contributed by atoms with van der Waals surface area (Å²) < 4.78 is 27.4. The second kappa shape index (κ2) is 4.92. The van der Waals surface area contributed by atoms with Crippen LogP contribution in [0.1, 0.15) is 5.56 Å². The maximum atomic E-state index is 11.9. The van der Waals surface area contributed by atoms with Gasteiger partial charge >= 0.3 is 0 Å². The molecule has 6 heteroatoms. The Morgan fingerprint density at radius 1 is 1.05 bits per heavy atom. The largest absolute Gasteiger partial charge is 0.326 e. The van der Waals surface area contributed by atoms with E-state index in [1.54, 1.807) is 35.2 Å². The van der Waals surface area contributed by atoms with Crippen LogP contribution in [0.4, 0.5) is 5.69 Å². The van der Waals surface area contributed by atoms with Gasteiger partial charge in [0.2, 0.25) is 0 Å². The SMILES string of the molecule is O=S1(=O)N=CN(Cc2ccccc2Cl)c2ccccc21. The van der Waals surface area contributed by atoms with Gasteiger partial charge in [0.15, 0.2) is 0 Å². The average molecular weight is 307 g/mol. The second-order valence-corrected chi connectivity index (χ2v) is 6.39. The summed E-state index contributed by atoms with van der Waals surface area (Å²) in [6.45, 7) is 0.468. The van der Waals surface area contributed by atoms with E-state index in [0.29, 0.717) is 17.3 Å². The Morgan fingerprint density at radius 3 is 2.55 bits per heavy atom. The first-order chi connectivity index (χ1) is 9.58. The van der Waals surface area contributed by atoms with Gasteiger partial charge in [-0.1, -0.05) is 41.9 Å². The molecule has 0 unspecified atom stereocenters. The number of halogens is 1. The fourth-order valence-electron chi connectivity index (χ4n) is 2.09. The molecule has 4 nitrogen and oxygen atoms in total. The topological polar surface area (TPSA) is 49.7 Å². The van der Waals surface area contributed by atoms with Crippen LogP contribution in [0.3, 0.4) is 0 Å². The van der Waals surface area contributed by atoms with Crippen molar-refractivity contribution >= 4 is 33.7 Å². The van der Waals surface area contributed by atoms with E-state index in [2.05, 4.69) is 4.40 Å². The maximum absolute atomic E-state index is 11.9. The van der Waals surface area contributed by atoms with Gasteiger partial charge in [0, 0.05) is 5.02 Å². The highest BCUT2D eigenvalue weighted by Crippen LogP contribution is 2.31. The zero-order valence-corrected chi connectivity index (χ0v) is 12.0. The van der Waals surface area contributed by atoms with Gasteiger partial charge in [-0.15, -0.1) is 4.40 Å². The van der Waals surface area contributed by atoms with E-state index in [-0.39, 0.29) is 4.90 Å². The highest BCUT2D eigenvalue weighted by atomic mass is 35.5. The molecule has 102 valence electrons. The van der Waals surface area contributed by atoms with Gasteiger partial charge < -0.3 is 4.90 Å². The van der Waals surface area contributed by atoms with Crippen LogP contribution < -0.4 is 4.90 Å². The fraction of sp³-hybridized carbons (Fsp3) is 0.0714. The van der Waals surface area contributed by atoms with Crippen LogP contribution in [0.2, 0.25) is 5.02 Å². The van der Waals surface area contributed by atoms with E-state index in [4.69, 9.17) is 11.6 Å². The molecule has 0 saturated heterocycles. The molecule has 0 saturated carbocycles. The molecule has 0 fully saturated rings. The first-order valence-electron chi connectivity index (χ1n) is 5.97. The first-order valence-corrected chi connectivity index (χ1v) is 7.79. The smallest absolute Gasteiger partial charge is 0.285 e. The van der Waals surface area contributed by atoms with Gasteiger partial charge in [0.25, 0.3) is 10.0 Å². The molecule has 0 bridgehead atoms. The first kappa shape index (κ1) is 13.1. The van der Waals surface area contributed by atoms with E-state index in [1.165, 1.54) is 6.34 Å². The standard InChI is InChI=1S/C14H11ClN2O2S/c15-12-6-2-1-5-11(12)9-17-10-16-20(18,19)14-8-4-3-7-13(14)17/h1-8,10H,9H2. The molecule has 0 N–H and O–H groups in total. The highest BCUT2D eigenvalue weighted by molar-refractivity contribution is 7.90. The molecule has 0 aliphatic carbocycles. The minimum Gasteiger partial charge on any atom is -0.326 e. The number of sulfonamides is 1. The summed E-state index contributed by atoms with van der Waals surface area (Å²) in [6.07, 6.45) is 1.33. The Hall–Kier alpha value is -1.85. The Morgan fingerprint density at radius 2 is 1.75 bits per heavy atom. The Bertz CT molecular complexity index is 787. The monoisotopic (exact) mass is 306 g/mol. The zero-order chi connectivity index (χ0) is 14.2. The number of fused-ring (bicyclic) bond motifs is 1. The van der Waals surface area contributed by atoms with Crippen molar-refractivity contribution in [2.24, 2.45) is 4.40 Å². The predicted octanol–water partition coefficient (Wildman–Crippen LogP) is 3.08. The number of anilines is 1. The number of benzene rings is 2. The third-order valence-corrected chi connectivity index (χ3v) is 4.72. The number of para-hydroxylation sites is 1. The van der Waals surface area contributed by atoms with E-state index in [9.17, 15) is 8.42 Å².